The van der Waals surface area contributed by atoms with E-state index in [0.29, 0.717) is 21.4 Å². The van der Waals surface area contributed by atoms with Gasteiger partial charge in [-0.2, -0.15) is 0 Å². The number of aromatic carboxylic acids is 1. The van der Waals surface area contributed by atoms with Crippen LogP contribution in [0.5, 0.6) is 5.75 Å². The van der Waals surface area contributed by atoms with E-state index in [1.54, 1.807) is 36.4 Å². The van der Waals surface area contributed by atoms with Crippen LogP contribution >= 0.6 is 23.2 Å². The molecular weight excluding hydrogens is 287 g/mol. The molecule has 98 valence electrons. The molecule has 0 bridgehead atoms. The largest absolute Gasteiger partial charge is 0.489 e. The monoisotopic (exact) mass is 296 g/mol. The maximum absolute atomic E-state index is 11.1. The fraction of sp³-hybridized carbons (Fsp3) is 0.0714. The van der Waals surface area contributed by atoms with Gasteiger partial charge < -0.3 is 9.84 Å². The van der Waals surface area contributed by atoms with Gasteiger partial charge in [0.2, 0.25) is 0 Å². The van der Waals surface area contributed by atoms with Gasteiger partial charge in [-0.25, -0.2) is 4.79 Å². The SMILES string of the molecule is O=C(O)c1cc(Cl)ccc1COc1cccc(Cl)c1. The molecule has 0 spiro atoms. The van der Waals surface area contributed by atoms with Crippen LogP contribution in [0.25, 0.3) is 0 Å². The lowest BCUT2D eigenvalue weighted by atomic mass is 10.1. The summed E-state index contributed by atoms with van der Waals surface area (Å²) in [6.45, 7) is 0.138. The van der Waals surface area contributed by atoms with Crippen LogP contribution < -0.4 is 4.74 Å². The number of carboxylic acids is 1. The van der Waals surface area contributed by atoms with Gasteiger partial charge in [0.1, 0.15) is 12.4 Å². The third-order valence-corrected chi connectivity index (χ3v) is 2.96. The molecular formula is C14H10Cl2O3. The average Bonchev–Trinajstić information content (AvgIpc) is 2.37. The molecule has 2 aromatic rings. The minimum Gasteiger partial charge on any atom is -0.489 e. The highest BCUT2D eigenvalue weighted by Crippen LogP contribution is 2.21. The predicted molar refractivity (Wildman–Crippen MR) is 74.2 cm³/mol. The van der Waals surface area contributed by atoms with Crippen LogP contribution in [0.2, 0.25) is 10.0 Å². The Morgan fingerprint density at radius 1 is 1.11 bits per heavy atom. The van der Waals surface area contributed by atoms with E-state index in [4.69, 9.17) is 33.0 Å². The second-order valence-corrected chi connectivity index (χ2v) is 4.73. The fourth-order valence-electron chi connectivity index (χ4n) is 1.59. The summed E-state index contributed by atoms with van der Waals surface area (Å²) in [5.74, 6) is -0.453. The minimum absolute atomic E-state index is 0.134. The smallest absolute Gasteiger partial charge is 0.336 e. The third-order valence-electron chi connectivity index (χ3n) is 2.49. The molecule has 2 aromatic carbocycles. The standard InChI is InChI=1S/C14H10Cl2O3/c15-10-2-1-3-12(6-10)19-8-9-4-5-11(16)7-13(9)14(17)18/h1-7H,8H2,(H,17,18). The number of rotatable bonds is 4. The Bertz CT molecular complexity index is 611. The Balaban J connectivity index is 2.17. The number of hydrogen-bond acceptors (Lipinski definition) is 2. The summed E-state index contributed by atoms with van der Waals surface area (Å²) in [7, 11) is 0. The summed E-state index contributed by atoms with van der Waals surface area (Å²) in [6.07, 6.45) is 0. The van der Waals surface area contributed by atoms with Gasteiger partial charge in [-0.3, -0.25) is 0 Å². The van der Waals surface area contributed by atoms with Crippen LogP contribution in [0.1, 0.15) is 15.9 Å². The van der Waals surface area contributed by atoms with Gasteiger partial charge >= 0.3 is 5.97 Å². The molecule has 3 nitrogen and oxygen atoms in total. The van der Waals surface area contributed by atoms with Gasteiger partial charge in [-0.15, -0.1) is 0 Å². The first-order valence-corrected chi connectivity index (χ1v) is 6.22. The molecule has 0 radical (unpaired) electrons. The van der Waals surface area contributed by atoms with Crippen LogP contribution in [0, 0.1) is 0 Å². The number of carboxylic acid groups (broad SMARTS) is 1. The van der Waals surface area contributed by atoms with Crippen molar-refractivity contribution in [3.63, 3.8) is 0 Å². The Labute approximate surface area is 120 Å². The Kier molecular flexibility index (Phi) is 4.30. The van der Waals surface area contributed by atoms with E-state index in [1.165, 1.54) is 6.07 Å². The van der Waals surface area contributed by atoms with E-state index in [0.717, 1.165) is 0 Å². The molecule has 19 heavy (non-hydrogen) atoms. The summed E-state index contributed by atoms with van der Waals surface area (Å²) in [5.41, 5.74) is 0.686. The number of hydrogen-bond donors (Lipinski definition) is 1. The highest BCUT2D eigenvalue weighted by Gasteiger charge is 2.11. The summed E-state index contributed by atoms with van der Waals surface area (Å²) >= 11 is 11.6. The van der Waals surface area contributed by atoms with Crippen molar-refractivity contribution in [2.75, 3.05) is 0 Å². The topological polar surface area (TPSA) is 46.5 Å². The van der Waals surface area contributed by atoms with E-state index in [-0.39, 0.29) is 12.2 Å². The fourth-order valence-corrected chi connectivity index (χ4v) is 1.94. The van der Waals surface area contributed by atoms with E-state index >= 15 is 0 Å². The zero-order valence-corrected chi connectivity index (χ0v) is 11.3. The van der Waals surface area contributed by atoms with Crippen LogP contribution in [-0.2, 0) is 6.61 Å². The minimum atomic E-state index is -1.04. The summed E-state index contributed by atoms with van der Waals surface area (Å²) < 4.78 is 5.51. The number of carbonyl (C=O) groups is 1. The molecule has 0 amide bonds. The highest BCUT2D eigenvalue weighted by molar-refractivity contribution is 6.31. The van der Waals surface area contributed by atoms with Crippen molar-refractivity contribution in [1.82, 2.24) is 0 Å². The molecule has 0 aliphatic heterocycles. The molecule has 0 atom stereocenters. The van der Waals surface area contributed by atoms with Crippen molar-refractivity contribution < 1.29 is 14.6 Å². The molecule has 0 saturated carbocycles. The highest BCUT2D eigenvalue weighted by atomic mass is 35.5. The average molecular weight is 297 g/mol. The van der Waals surface area contributed by atoms with Crippen molar-refractivity contribution >= 4 is 29.2 Å². The van der Waals surface area contributed by atoms with E-state index in [2.05, 4.69) is 0 Å². The normalized spacial score (nSPS) is 10.2. The van der Waals surface area contributed by atoms with E-state index < -0.39 is 5.97 Å². The van der Waals surface area contributed by atoms with Gasteiger partial charge in [0, 0.05) is 15.6 Å². The van der Waals surface area contributed by atoms with Crippen molar-refractivity contribution in [2.24, 2.45) is 0 Å². The van der Waals surface area contributed by atoms with Gasteiger partial charge in [-0.05, 0) is 30.3 Å². The van der Waals surface area contributed by atoms with Crippen molar-refractivity contribution in [3.05, 3.63) is 63.6 Å². The number of ether oxygens (including phenoxy) is 1. The molecule has 5 heteroatoms. The van der Waals surface area contributed by atoms with Crippen LogP contribution in [0.3, 0.4) is 0 Å². The zero-order chi connectivity index (χ0) is 13.8. The Morgan fingerprint density at radius 3 is 2.53 bits per heavy atom. The number of halogens is 2. The van der Waals surface area contributed by atoms with Gasteiger partial charge in [-0.1, -0.05) is 35.3 Å². The predicted octanol–water partition coefficient (Wildman–Crippen LogP) is 4.27. The van der Waals surface area contributed by atoms with Gasteiger partial charge in [0.15, 0.2) is 0 Å². The van der Waals surface area contributed by atoms with Crippen molar-refractivity contribution in [2.45, 2.75) is 6.61 Å². The first-order chi connectivity index (χ1) is 9.06. The first-order valence-electron chi connectivity index (χ1n) is 5.46. The van der Waals surface area contributed by atoms with Gasteiger partial charge in [0.05, 0.1) is 5.56 Å². The lowest BCUT2D eigenvalue weighted by Gasteiger charge is -2.09. The van der Waals surface area contributed by atoms with Crippen molar-refractivity contribution in [1.29, 1.82) is 0 Å². The second-order valence-electron chi connectivity index (χ2n) is 3.85. The molecule has 0 fully saturated rings. The molecule has 0 unspecified atom stereocenters. The van der Waals surface area contributed by atoms with Crippen molar-refractivity contribution in [3.8, 4) is 5.75 Å². The Hall–Kier alpha value is -1.71. The second kappa shape index (κ2) is 5.95. The lowest BCUT2D eigenvalue weighted by Crippen LogP contribution is -2.05. The molecule has 0 heterocycles. The molecule has 0 aromatic heterocycles. The summed E-state index contributed by atoms with van der Waals surface area (Å²) in [4.78, 5) is 11.1. The summed E-state index contributed by atoms with van der Waals surface area (Å²) in [6, 6.07) is 11.6. The molecule has 0 aliphatic rings. The Morgan fingerprint density at radius 2 is 1.84 bits per heavy atom. The molecule has 0 saturated heterocycles. The molecule has 2 rings (SSSR count). The maximum atomic E-state index is 11.1. The van der Waals surface area contributed by atoms with Crippen LogP contribution in [0.4, 0.5) is 0 Å². The number of benzene rings is 2. The molecule has 1 N–H and O–H groups in total. The summed E-state index contributed by atoms with van der Waals surface area (Å²) in [5, 5.41) is 10.0. The van der Waals surface area contributed by atoms with E-state index in [1.807, 2.05) is 0 Å². The van der Waals surface area contributed by atoms with Crippen LogP contribution in [-0.4, -0.2) is 11.1 Å². The van der Waals surface area contributed by atoms with Crippen LogP contribution in [0.15, 0.2) is 42.5 Å². The third kappa shape index (κ3) is 3.63. The van der Waals surface area contributed by atoms with E-state index in [9.17, 15) is 4.79 Å². The quantitative estimate of drug-likeness (QED) is 0.916. The maximum Gasteiger partial charge on any atom is 0.336 e. The molecule has 0 aliphatic carbocycles. The first kappa shape index (κ1) is 13.7. The van der Waals surface area contributed by atoms with Gasteiger partial charge in [0.25, 0.3) is 0 Å². The zero-order valence-electron chi connectivity index (χ0n) is 9.77. The lowest BCUT2D eigenvalue weighted by molar-refractivity contribution is 0.0694.